The van der Waals surface area contributed by atoms with Gasteiger partial charge in [0.15, 0.2) is 11.6 Å². The van der Waals surface area contributed by atoms with Crippen LogP contribution < -0.4 is 11.1 Å². The molecule has 0 bridgehead atoms. The molecule has 88 valence electrons. The first-order chi connectivity index (χ1) is 7.41. The Morgan fingerprint density at radius 3 is 2.62 bits per heavy atom. The van der Waals surface area contributed by atoms with Crippen LogP contribution in [-0.2, 0) is 4.79 Å². The number of carbonyl (C=O) groups is 1. The number of nitrogens with two attached hydrogens (primary N) is 1. The summed E-state index contributed by atoms with van der Waals surface area (Å²) in [4.78, 5) is 10.7. The van der Waals surface area contributed by atoms with Crippen LogP contribution in [0.4, 0.5) is 18.9 Å². The molecule has 3 N–H and O–H groups in total. The number of hydrogen-bond donors (Lipinski definition) is 2. The number of benzene rings is 1. The highest BCUT2D eigenvalue weighted by Gasteiger charge is 2.13. The van der Waals surface area contributed by atoms with Gasteiger partial charge in [-0.1, -0.05) is 6.92 Å². The van der Waals surface area contributed by atoms with E-state index in [1.165, 1.54) is 6.92 Å². The van der Waals surface area contributed by atoms with Gasteiger partial charge in [-0.25, -0.2) is 13.2 Å². The Bertz CT molecular complexity index is 409. The molecule has 1 amide bonds. The standard InChI is InChI=1S/C10H11F3N2O/c1-5(10(14)16)4-15-8-3-6(11)2-7(12)9(8)13/h2-3,5,15H,4H2,1H3,(H2,14,16). The minimum Gasteiger partial charge on any atom is -0.382 e. The predicted molar refractivity (Wildman–Crippen MR) is 53.2 cm³/mol. The molecule has 0 saturated carbocycles. The van der Waals surface area contributed by atoms with E-state index in [0.29, 0.717) is 6.07 Å². The normalized spacial score (nSPS) is 12.2. The fourth-order valence-corrected chi connectivity index (χ4v) is 1.05. The number of anilines is 1. The lowest BCUT2D eigenvalue weighted by molar-refractivity contribution is -0.120. The summed E-state index contributed by atoms with van der Waals surface area (Å²) in [6.45, 7) is 1.53. The molecule has 0 aliphatic heterocycles. The summed E-state index contributed by atoms with van der Waals surface area (Å²) in [5.74, 6) is -4.50. The second-order valence-corrected chi connectivity index (χ2v) is 3.43. The van der Waals surface area contributed by atoms with E-state index in [0.717, 1.165) is 6.07 Å². The minimum atomic E-state index is -1.28. The van der Waals surface area contributed by atoms with E-state index in [9.17, 15) is 18.0 Å². The van der Waals surface area contributed by atoms with Gasteiger partial charge in [-0.3, -0.25) is 4.79 Å². The summed E-state index contributed by atoms with van der Waals surface area (Å²) in [6.07, 6.45) is 0. The zero-order valence-electron chi connectivity index (χ0n) is 8.56. The number of rotatable bonds is 4. The number of primary amides is 1. The first-order valence-corrected chi connectivity index (χ1v) is 4.59. The number of halogens is 3. The maximum atomic E-state index is 13.1. The molecule has 1 aromatic rings. The van der Waals surface area contributed by atoms with Crippen molar-refractivity contribution in [3.8, 4) is 0 Å². The van der Waals surface area contributed by atoms with E-state index in [4.69, 9.17) is 5.73 Å². The minimum absolute atomic E-state index is 0.00907. The number of carbonyl (C=O) groups excluding carboxylic acids is 1. The van der Waals surface area contributed by atoms with E-state index in [1.807, 2.05) is 0 Å². The Hall–Kier alpha value is -1.72. The van der Waals surface area contributed by atoms with Crippen LogP contribution in [0.3, 0.4) is 0 Å². The van der Waals surface area contributed by atoms with Gasteiger partial charge in [0.1, 0.15) is 5.82 Å². The van der Waals surface area contributed by atoms with Crippen LogP contribution in [-0.4, -0.2) is 12.5 Å². The third kappa shape index (κ3) is 2.88. The van der Waals surface area contributed by atoms with Crippen molar-refractivity contribution in [3.05, 3.63) is 29.6 Å². The highest BCUT2D eigenvalue weighted by molar-refractivity contribution is 5.76. The lowest BCUT2D eigenvalue weighted by Gasteiger charge is -2.11. The van der Waals surface area contributed by atoms with Crippen molar-refractivity contribution >= 4 is 11.6 Å². The van der Waals surface area contributed by atoms with Crippen molar-refractivity contribution in [2.45, 2.75) is 6.92 Å². The smallest absolute Gasteiger partial charge is 0.222 e. The topological polar surface area (TPSA) is 55.1 Å². The van der Waals surface area contributed by atoms with Gasteiger partial charge in [-0.05, 0) is 0 Å². The molecule has 1 aromatic carbocycles. The van der Waals surface area contributed by atoms with Gasteiger partial charge in [0.2, 0.25) is 5.91 Å². The Morgan fingerprint density at radius 1 is 1.44 bits per heavy atom. The Kier molecular flexibility index (Phi) is 3.76. The van der Waals surface area contributed by atoms with Gasteiger partial charge in [0.25, 0.3) is 0 Å². The van der Waals surface area contributed by atoms with E-state index < -0.39 is 29.3 Å². The molecule has 3 nitrogen and oxygen atoms in total. The number of hydrogen-bond acceptors (Lipinski definition) is 2. The fraction of sp³-hybridized carbons (Fsp3) is 0.300. The van der Waals surface area contributed by atoms with Crippen molar-refractivity contribution in [1.29, 1.82) is 0 Å². The molecular formula is C10H11F3N2O. The first-order valence-electron chi connectivity index (χ1n) is 4.59. The van der Waals surface area contributed by atoms with Gasteiger partial charge in [-0.2, -0.15) is 0 Å². The molecule has 16 heavy (non-hydrogen) atoms. The highest BCUT2D eigenvalue weighted by atomic mass is 19.2. The maximum absolute atomic E-state index is 13.1. The quantitative estimate of drug-likeness (QED) is 0.775. The molecule has 0 spiro atoms. The van der Waals surface area contributed by atoms with Crippen LogP contribution in [0.15, 0.2) is 12.1 Å². The maximum Gasteiger partial charge on any atom is 0.222 e. The van der Waals surface area contributed by atoms with Crippen LogP contribution in [0.1, 0.15) is 6.92 Å². The second-order valence-electron chi connectivity index (χ2n) is 3.43. The molecule has 1 rings (SSSR count). The highest BCUT2D eigenvalue weighted by Crippen LogP contribution is 2.19. The van der Waals surface area contributed by atoms with Crippen LogP contribution in [0.25, 0.3) is 0 Å². The average molecular weight is 232 g/mol. The van der Waals surface area contributed by atoms with Gasteiger partial charge < -0.3 is 11.1 Å². The Morgan fingerprint density at radius 2 is 2.06 bits per heavy atom. The molecule has 0 saturated heterocycles. The van der Waals surface area contributed by atoms with Crippen molar-refractivity contribution in [1.82, 2.24) is 0 Å². The third-order valence-corrected chi connectivity index (χ3v) is 2.08. The van der Waals surface area contributed by atoms with Crippen LogP contribution in [0.5, 0.6) is 0 Å². The van der Waals surface area contributed by atoms with Gasteiger partial charge >= 0.3 is 0 Å². The monoisotopic (exact) mass is 232 g/mol. The molecule has 6 heteroatoms. The van der Waals surface area contributed by atoms with Gasteiger partial charge in [-0.15, -0.1) is 0 Å². The predicted octanol–water partition coefficient (Wildman–Crippen LogP) is 1.64. The van der Waals surface area contributed by atoms with Crippen LogP contribution >= 0.6 is 0 Å². The molecule has 0 heterocycles. The molecule has 1 unspecified atom stereocenters. The molecule has 0 radical (unpaired) electrons. The summed E-state index contributed by atoms with van der Waals surface area (Å²) in [7, 11) is 0. The van der Waals surface area contributed by atoms with Gasteiger partial charge in [0.05, 0.1) is 11.6 Å². The fourth-order valence-electron chi connectivity index (χ4n) is 1.05. The van der Waals surface area contributed by atoms with E-state index in [-0.39, 0.29) is 12.2 Å². The van der Waals surface area contributed by atoms with Crippen molar-refractivity contribution in [2.75, 3.05) is 11.9 Å². The third-order valence-electron chi connectivity index (χ3n) is 2.08. The molecular weight excluding hydrogens is 221 g/mol. The van der Waals surface area contributed by atoms with Crippen molar-refractivity contribution < 1.29 is 18.0 Å². The summed E-state index contributed by atoms with van der Waals surface area (Å²) in [5, 5.41) is 2.42. The van der Waals surface area contributed by atoms with E-state index in [2.05, 4.69) is 5.32 Å². The lowest BCUT2D eigenvalue weighted by atomic mass is 10.1. The second kappa shape index (κ2) is 4.87. The van der Waals surface area contributed by atoms with Crippen molar-refractivity contribution in [2.24, 2.45) is 11.7 Å². The average Bonchev–Trinajstić information content (AvgIpc) is 2.20. The zero-order chi connectivity index (χ0) is 12.3. The van der Waals surface area contributed by atoms with E-state index >= 15 is 0 Å². The lowest BCUT2D eigenvalue weighted by Crippen LogP contribution is -2.27. The SMILES string of the molecule is CC(CNc1cc(F)cc(F)c1F)C(N)=O. The summed E-state index contributed by atoms with van der Waals surface area (Å²) >= 11 is 0. The first kappa shape index (κ1) is 12.4. The molecule has 0 aromatic heterocycles. The summed E-state index contributed by atoms with van der Waals surface area (Å²) < 4.78 is 38.6. The summed E-state index contributed by atoms with van der Waals surface area (Å²) in [5.41, 5.74) is 4.65. The zero-order valence-corrected chi connectivity index (χ0v) is 8.56. The molecule has 0 aliphatic rings. The van der Waals surface area contributed by atoms with Gasteiger partial charge in [0, 0.05) is 18.7 Å². The number of nitrogens with one attached hydrogen (secondary N) is 1. The van der Waals surface area contributed by atoms with Crippen LogP contribution in [0, 0.1) is 23.4 Å². The molecule has 1 atom stereocenters. The number of amides is 1. The largest absolute Gasteiger partial charge is 0.382 e. The Balaban J connectivity index is 2.78. The Labute approximate surface area is 90.4 Å². The van der Waals surface area contributed by atoms with Crippen molar-refractivity contribution in [3.63, 3.8) is 0 Å². The van der Waals surface area contributed by atoms with Crippen LogP contribution in [0.2, 0.25) is 0 Å². The molecule has 0 aliphatic carbocycles. The summed E-state index contributed by atoms with van der Waals surface area (Å²) in [6, 6.07) is 1.25. The molecule has 0 fully saturated rings. The van der Waals surface area contributed by atoms with E-state index in [1.54, 1.807) is 0 Å².